The molecule has 0 aliphatic heterocycles. The summed E-state index contributed by atoms with van der Waals surface area (Å²) >= 11 is 0. The molecule has 0 aliphatic rings. The molecule has 0 saturated carbocycles. The first kappa shape index (κ1) is 10.8. The summed E-state index contributed by atoms with van der Waals surface area (Å²) in [6, 6.07) is 3.24. The third-order valence-electron chi connectivity index (χ3n) is 1.83. The van der Waals surface area contributed by atoms with Crippen LogP contribution in [-0.2, 0) is 12.7 Å². The molecule has 0 aliphatic carbocycles. The third kappa shape index (κ3) is 2.17. The summed E-state index contributed by atoms with van der Waals surface area (Å²) in [7, 11) is 1.39. The quantitative estimate of drug-likeness (QED) is 0.803. The molecule has 5 heteroatoms. The molecule has 0 fully saturated rings. The van der Waals surface area contributed by atoms with Crippen LogP contribution in [0.1, 0.15) is 11.1 Å². The van der Waals surface area contributed by atoms with Gasteiger partial charge in [-0.25, -0.2) is 0 Å². The van der Waals surface area contributed by atoms with Crippen LogP contribution in [-0.4, -0.2) is 7.11 Å². The highest BCUT2D eigenvalue weighted by Gasteiger charge is 2.30. The average molecular weight is 205 g/mol. The fourth-order valence-corrected chi connectivity index (χ4v) is 1.11. The maximum absolute atomic E-state index is 12.3. The van der Waals surface area contributed by atoms with Crippen molar-refractivity contribution < 1.29 is 17.9 Å². The Morgan fingerprint density at radius 1 is 1.36 bits per heavy atom. The standard InChI is InChI=1S/C9H10F3NO/c1-14-8-3-2-7(9(10,11)12)4-6(8)5-13/h2-4H,5,13H2,1H3. The molecule has 78 valence electrons. The lowest BCUT2D eigenvalue weighted by atomic mass is 10.1. The van der Waals surface area contributed by atoms with E-state index in [0.717, 1.165) is 12.1 Å². The van der Waals surface area contributed by atoms with Gasteiger partial charge in [0.25, 0.3) is 0 Å². The zero-order valence-corrected chi connectivity index (χ0v) is 7.56. The van der Waals surface area contributed by atoms with Crippen LogP contribution < -0.4 is 10.5 Å². The van der Waals surface area contributed by atoms with E-state index in [1.54, 1.807) is 0 Å². The highest BCUT2D eigenvalue weighted by Crippen LogP contribution is 2.32. The van der Waals surface area contributed by atoms with Gasteiger partial charge in [0.15, 0.2) is 0 Å². The molecule has 0 radical (unpaired) electrons. The van der Waals surface area contributed by atoms with Gasteiger partial charge in [0, 0.05) is 12.1 Å². The number of hydrogen-bond donors (Lipinski definition) is 1. The van der Waals surface area contributed by atoms with Gasteiger partial charge in [-0.15, -0.1) is 0 Å². The molecule has 0 bridgehead atoms. The van der Waals surface area contributed by atoms with Crippen LogP contribution in [0.25, 0.3) is 0 Å². The van der Waals surface area contributed by atoms with Crippen LogP contribution in [0.3, 0.4) is 0 Å². The van der Waals surface area contributed by atoms with Gasteiger partial charge in [-0.1, -0.05) is 0 Å². The van der Waals surface area contributed by atoms with Crippen molar-refractivity contribution in [2.75, 3.05) is 7.11 Å². The summed E-state index contributed by atoms with van der Waals surface area (Å²) in [5, 5.41) is 0. The van der Waals surface area contributed by atoms with E-state index in [2.05, 4.69) is 0 Å². The Balaban J connectivity index is 3.14. The predicted molar refractivity (Wildman–Crippen MR) is 45.9 cm³/mol. The molecule has 1 aromatic rings. The molecule has 1 rings (SSSR count). The lowest BCUT2D eigenvalue weighted by Gasteiger charge is -2.11. The molecule has 0 spiro atoms. The van der Waals surface area contributed by atoms with Crippen molar-refractivity contribution in [3.8, 4) is 5.75 Å². The molecular weight excluding hydrogens is 195 g/mol. The Morgan fingerprint density at radius 2 is 2.00 bits per heavy atom. The van der Waals surface area contributed by atoms with Crippen molar-refractivity contribution in [3.63, 3.8) is 0 Å². The maximum Gasteiger partial charge on any atom is 0.416 e. The Bertz CT molecular complexity index is 322. The fraction of sp³-hybridized carbons (Fsp3) is 0.333. The third-order valence-corrected chi connectivity index (χ3v) is 1.83. The van der Waals surface area contributed by atoms with E-state index in [0.29, 0.717) is 11.3 Å². The molecule has 1 aromatic carbocycles. The minimum atomic E-state index is -4.34. The Morgan fingerprint density at radius 3 is 2.43 bits per heavy atom. The van der Waals surface area contributed by atoms with Crippen molar-refractivity contribution in [3.05, 3.63) is 29.3 Å². The van der Waals surface area contributed by atoms with Crippen LogP contribution in [0.5, 0.6) is 5.75 Å². The van der Waals surface area contributed by atoms with E-state index < -0.39 is 11.7 Å². The first-order valence-electron chi connectivity index (χ1n) is 3.93. The molecule has 14 heavy (non-hydrogen) atoms. The minimum Gasteiger partial charge on any atom is -0.496 e. The van der Waals surface area contributed by atoms with Crippen LogP contribution in [0.2, 0.25) is 0 Å². The maximum atomic E-state index is 12.3. The summed E-state index contributed by atoms with van der Waals surface area (Å²) in [6.07, 6.45) is -4.34. The van der Waals surface area contributed by atoms with Gasteiger partial charge in [0.2, 0.25) is 0 Å². The summed E-state index contributed by atoms with van der Waals surface area (Å²) in [5.74, 6) is 0.375. The first-order chi connectivity index (χ1) is 6.49. The Kier molecular flexibility index (Phi) is 3.00. The molecule has 0 unspecified atom stereocenters. The van der Waals surface area contributed by atoms with E-state index in [4.69, 9.17) is 10.5 Å². The van der Waals surface area contributed by atoms with Crippen molar-refractivity contribution >= 4 is 0 Å². The second kappa shape index (κ2) is 3.88. The Hall–Kier alpha value is -1.23. The number of hydrogen-bond acceptors (Lipinski definition) is 2. The molecule has 2 nitrogen and oxygen atoms in total. The molecule has 0 amide bonds. The second-order valence-corrected chi connectivity index (χ2v) is 2.73. The van der Waals surface area contributed by atoms with E-state index >= 15 is 0 Å². The number of halogens is 3. The number of benzene rings is 1. The predicted octanol–water partition coefficient (Wildman–Crippen LogP) is 2.17. The lowest BCUT2D eigenvalue weighted by Crippen LogP contribution is -2.08. The number of alkyl halides is 3. The lowest BCUT2D eigenvalue weighted by molar-refractivity contribution is -0.137. The first-order valence-corrected chi connectivity index (χ1v) is 3.93. The van der Waals surface area contributed by atoms with Gasteiger partial charge >= 0.3 is 6.18 Å². The SMILES string of the molecule is COc1ccc(C(F)(F)F)cc1CN. The van der Waals surface area contributed by atoms with Gasteiger partial charge in [-0.2, -0.15) is 13.2 Å². The van der Waals surface area contributed by atoms with E-state index in [1.165, 1.54) is 13.2 Å². The van der Waals surface area contributed by atoms with Gasteiger partial charge < -0.3 is 10.5 Å². The molecule has 0 saturated heterocycles. The number of ether oxygens (including phenoxy) is 1. The van der Waals surface area contributed by atoms with Gasteiger partial charge in [0.05, 0.1) is 12.7 Å². The number of rotatable bonds is 2. The second-order valence-electron chi connectivity index (χ2n) is 2.73. The Labute approximate surface area is 79.5 Å². The van der Waals surface area contributed by atoms with Crippen LogP contribution >= 0.6 is 0 Å². The van der Waals surface area contributed by atoms with Crippen LogP contribution in [0.15, 0.2) is 18.2 Å². The fourth-order valence-electron chi connectivity index (χ4n) is 1.11. The normalized spacial score (nSPS) is 11.5. The molecule has 0 atom stereocenters. The van der Waals surface area contributed by atoms with E-state index in [1.807, 2.05) is 0 Å². The average Bonchev–Trinajstić information content (AvgIpc) is 2.15. The molecule has 0 aromatic heterocycles. The van der Waals surface area contributed by atoms with E-state index in [-0.39, 0.29) is 6.54 Å². The van der Waals surface area contributed by atoms with Gasteiger partial charge in [0.1, 0.15) is 5.75 Å². The number of methoxy groups -OCH3 is 1. The molecule has 2 N–H and O–H groups in total. The smallest absolute Gasteiger partial charge is 0.416 e. The topological polar surface area (TPSA) is 35.2 Å². The van der Waals surface area contributed by atoms with E-state index in [9.17, 15) is 13.2 Å². The molecular formula is C9H10F3NO. The summed E-state index contributed by atoms with van der Waals surface area (Å²) in [5.41, 5.74) is 4.93. The summed E-state index contributed by atoms with van der Waals surface area (Å²) in [6.45, 7) is 0.0209. The van der Waals surface area contributed by atoms with Crippen LogP contribution in [0, 0.1) is 0 Å². The zero-order valence-electron chi connectivity index (χ0n) is 7.56. The summed E-state index contributed by atoms with van der Waals surface area (Å²) in [4.78, 5) is 0. The molecule has 0 heterocycles. The van der Waals surface area contributed by atoms with Gasteiger partial charge in [-0.05, 0) is 18.2 Å². The highest BCUT2D eigenvalue weighted by molar-refractivity contribution is 5.38. The largest absolute Gasteiger partial charge is 0.496 e. The van der Waals surface area contributed by atoms with Crippen molar-refractivity contribution in [2.24, 2.45) is 5.73 Å². The van der Waals surface area contributed by atoms with Crippen LogP contribution in [0.4, 0.5) is 13.2 Å². The van der Waals surface area contributed by atoms with Gasteiger partial charge in [-0.3, -0.25) is 0 Å². The highest BCUT2D eigenvalue weighted by atomic mass is 19.4. The van der Waals surface area contributed by atoms with Crippen molar-refractivity contribution in [1.82, 2.24) is 0 Å². The summed E-state index contributed by atoms with van der Waals surface area (Å²) < 4.78 is 41.6. The minimum absolute atomic E-state index is 0.0209. The van der Waals surface area contributed by atoms with Crippen molar-refractivity contribution in [1.29, 1.82) is 0 Å². The monoisotopic (exact) mass is 205 g/mol. The van der Waals surface area contributed by atoms with Crippen molar-refractivity contribution in [2.45, 2.75) is 12.7 Å². The number of nitrogens with two attached hydrogens (primary N) is 1. The zero-order chi connectivity index (χ0) is 10.8.